The first-order valence-electron chi connectivity index (χ1n) is 8.34. The zero-order chi connectivity index (χ0) is 16.4. The Labute approximate surface area is 138 Å². The quantitative estimate of drug-likeness (QED) is 0.848. The third-order valence-electron chi connectivity index (χ3n) is 4.98. The lowest BCUT2D eigenvalue weighted by molar-refractivity contribution is 0.0696. The van der Waals surface area contributed by atoms with Crippen molar-refractivity contribution < 1.29 is 13.2 Å². The molecule has 1 saturated heterocycles. The first-order chi connectivity index (χ1) is 11.0. The van der Waals surface area contributed by atoms with Gasteiger partial charge in [-0.1, -0.05) is 31.0 Å². The van der Waals surface area contributed by atoms with Crippen LogP contribution in [-0.4, -0.2) is 55.0 Å². The van der Waals surface area contributed by atoms with Crippen molar-refractivity contribution in [3.63, 3.8) is 0 Å². The summed E-state index contributed by atoms with van der Waals surface area (Å²) >= 11 is 0. The molecule has 0 unspecified atom stereocenters. The summed E-state index contributed by atoms with van der Waals surface area (Å²) in [4.78, 5) is 14.4. The van der Waals surface area contributed by atoms with E-state index in [1.54, 1.807) is 9.21 Å². The summed E-state index contributed by atoms with van der Waals surface area (Å²) in [6.07, 6.45) is 3.58. The Morgan fingerprint density at radius 3 is 2.26 bits per heavy atom. The molecule has 0 aromatic heterocycles. The summed E-state index contributed by atoms with van der Waals surface area (Å²) < 4.78 is 26.8. The number of nitrogens with zero attached hydrogens (tertiary/aromatic N) is 2. The zero-order valence-electron chi connectivity index (χ0n) is 13.6. The van der Waals surface area contributed by atoms with Crippen LogP contribution in [0, 0.1) is 6.92 Å². The normalized spacial score (nSPS) is 20.8. The molecule has 2 aliphatic rings. The molecule has 0 bridgehead atoms. The number of hydrogen-bond acceptors (Lipinski definition) is 3. The van der Waals surface area contributed by atoms with E-state index in [-0.39, 0.29) is 11.2 Å². The summed E-state index contributed by atoms with van der Waals surface area (Å²) in [5, 5.41) is -0.207. The molecule has 1 aromatic rings. The van der Waals surface area contributed by atoms with Crippen LogP contribution in [0.2, 0.25) is 0 Å². The van der Waals surface area contributed by atoms with Crippen molar-refractivity contribution >= 4 is 15.9 Å². The number of benzene rings is 1. The van der Waals surface area contributed by atoms with Crippen molar-refractivity contribution in [1.82, 2.24) is 9.21 Å². The lowest BCUT2D eigenvalue weighted by atomic mass is 10.1. The molecule has 23 heavy (non-hydrogen) atoms. The third-order valence-corrected chi connectivity index (χ3v) is 7.38. The van der Waals surface area contributed by atoms with E-state index >= 15 is 0 Å². The molecule has 1 saturated carbocycles. The van der Waals surface area contributed by atoms with Gasteiger partial charge in [0.25, 0.3) is 5.91 Å². The number of piperazine rings is 1. The molecule has 1 aromatic carbocycles. The average Bonchev–Trinajstić information content (AvgIpc) is 3.10. The second kappa shape index (κ2) is 6.61. The van der Waals surface area contributed by atoms with Gasteiger partial charge in [0.2, 0.25) is 10.0 Å². The average molecular weight is 336 g/mol. The van der Waals surface area contributed by atoms with E-state index in [9.17, 15) is 13.2 Å². The van der Waals surface area contributed by atoms with Gasteiger partial charge in [-0.15, -0.1) is 0 Å². The Morgan fingerprint density at radius 1 is 1.04 bits per heavy atom. The summed E-state index contributed by atoms with van der Waals surface area (Å²) in [7, 11) is -3.19. The molecule has 1 aliphatic carbocycles. The predicted molar refractivity (Wildman–Crippen MR) is 89.8 cm³/mol. The predicted octanol–water partition coefficient (Wildman–Crippen LogP) is 2.03. The van der Waals surface area contributed by atoms with Gasteiger partial charge in [0.05, 0.1) is 5.25 Å². The monoisotopic (exact) mass is 336 g/mol. The van der Waals surface area contributed by atoms with E-state index in [2.05, 4.69) is 0 Å². The summed E-state index contributed by atoms with van der Waals surface area (Å²) in [6.45, 7) is 3.69. The van der Waals surface area contributed by atoms with Crippen LogP contribution < -0.4 is 0 Å². The summed E-state index contributed by atoms with van der Waals surface area (Å²) in [6, 6.07) is 7.53. The van der Waals surface area contributed by atoms with Crippen LogP contribution in [0.3, 0.4) is 0 Å². The molecule has 2 fully saturated rings. The Bertz CT molecular complexity index is 673. The van der Waals surface area contributed by atoms with E-state index < -0.39 is 10.0 Å². The third kappa shape index (κ3) is 3.28. The van der Waals surface area contributed by atoms with Crippen LogP contribution >= 0.6 is 0 Å². The molecule has 0 spiro atoms. The Morgan fingerprint density at radius 2 is 1.65 bits per heavy atom. The number of rotatable bonds is 3. The highest BCUT2D eigenvalue weighted by molar-refractivity contribution is 7.89. The molecule has 6 heteroatoms. The van der Waals surface area contributed by atoms with Crippen molar-refractivity contribution in [3.8, 4) is 0 Å². The van der Waals surface area contributed by atoms with Gasteiger partial charge in [-0.2, -0.15) is 4.31 Å². The molecule has 1 heterocycles. The van der Waals surface area contributed by atoms with Crippen molar-refractivity contribution in [2.24, 2.45) is 0 Å². The van der Waals surface area contributed by atoms with Gasteiger partial charge in [-0.3, -0.25) is 4.79 Å². The molecular weight excluding hydrogens is 312 g/mol. The van der Waals surface area contributed by atoms with E-state index in [4.69, 9.17) is 0 Å². The lowest BCUT2D eigenvalue weighted by Gasteiger charge is -2.35. The lowest BCUT2D eigenvalue weighted by Crippen LogP contribution is -2.52. The van der Waals surface area contributed by atoms with Crippen molar-refractivity contribution in [2.75, 3.05) is 26.2 Å². The van der Waals surface area contributed by atoms with Gasteiger partial charge in [-0.25, -0.2) is 8.42 Å². The molecule has 0 N–H and O–H groups in total. The van der Waals surface area contributed by atoms with E-state index in [1.807, 2.05) is 31.2 Å². The maximum absolute atomic E-state index is 12.6. The van der Waals surface area contributed by atoms with Crippen LogP contribution in [0.4, 0.5) is 0 Å². The largest absolute Gasteiger partial charge is 0.336 e. The fraction of sp³-hybridized carbons (Fsp3) is 0.588. The van der Waals surface area contributed by atoms with Gasteiger partial charge >= 0.3 is 0 Å². The van der Waals surface area contributed by atoms with Crippen LogP contribution in [0.25, 0.3) is 0 Å². The zero-order valence-corrected chi connectivity index (χ0v) is 14.4. The topological polar surface area (TPSA) is 57.7 Å². The molecule has 126 valence electrons. The molecular formula is C17H24N2O3S. The van der Waals surface area contributed by atoms with Gasteiger partial charge in [-0.05, 0) is 31.4 Å². The van der Waals surface area contributed by atoms with Gasteiger partial charge in [0.1, 0.15) is 0 Å². The van der Waals surface area contributed by atoms with Crippen molar-refractivity contribution in [1.29, 1.82) is 0 Å². The molecule has 0 radical (unpaired) electrons. The summed E-state index contributed by atoms with van der Waals surface area (Å²) in [5.74, 6) is 0.000939. The number of sulfonamides is 1. The van der Waals surface area contributed by atoms with Gasteiger partial charge in [0, 0.05) is 31.7 Å². The minimum atomic E-state index is -3.19. The highest BCUT2D eigenvalue weighted by Crippen LogP contribution is 2.27. The second-order valence-electron chi connectivity index (χ2n) is 6.46. The van der Waals surface area contributed by atoms with Crippen LogP contribution in [0.15, 0.2) is 24.3 Å². The Hall–Kier alpha value is -1.40. The SMILES string of the molecule is Cc1ccccc1C(=O)N1CCN(S(=O)(=O)C2CCCC2)CC1. The highest BCUT2D eigenvalue weighted by atomic mass is 32.2. The van der Waals surface area contributed by atoms with Gasteiger partial charge < -0.3 is 4.90 Å². The minimum Gasteiger partial charge on any atom is -0.336 e. The molecule has 1 amide bonds. The molecule has 5 nitrogen and oxygen atoms in total. The standard InChI is InChI=1S/C17H24N2O3S/c1-14-6-2-5-9-16(14)17(20)18-10-12-19(13-11-18)23(21,22)15-7-3-4-8-15/h2,5-6,9,15H,3-4,7-8,10-13H2,1H3. The number of carbonyl (C=O) groups is 1. The number of hydrogen-bond donors (Lipinski definition) is 0. The fourth-order valence-corrected chi connectivity index (χ4v) is 5.55. The number of amides is 1. The minimum absolute atomic E-state index is 0.000939. The maximum atomic E-state index is 12.6. The number of carbonyl (C=O) groups excluding carboxylic acids is 1. The van der Waals surface area contributed by atoms with Crippen molar-refractivity contribution in [2.45, 2.75) is 37.9 Å². The van der Waals surface area contributed by atoms with E-state index in [1.165, 1.54) is 0 Å². The van der Waals surface area contributed by atoms with Crippen LogP contribution in [0.1, 0.15) is 41.6 Å². The summed E-state index contributed by atoms with van der Waals surface area (Å²) in [5.41, 5.74) is 1.66. The highest BCUT2D eigenvalue weighted by Gasteiger charge is 2.36. The van der Waals surface area contributed by atoms with E-state index in [0.29, 0.717) is 31.7 Å². The molecule has 1 aliphatic heterocycles. The van der Waals surface area contributed by atoms with Crippen molar-refractivity contribution in [3.05, 3.63) is 35.4 Å². The Kier molecular flexibility index (Phi) is 4.73. The fourth-order valence-electron chi connectivity index (χ4n) is 3.53. The molecule has 0 atom stereocenters. The van der Waals surface area contributed by atoms with Crippen LogP contribution in [-0.2, 0) is 10.0 Å². The van der Waals surface area contributed by atoms with E-state index in [0.717, 1.165) is 31.2 Å². The van der Waals surface area contributed by atoms with Crippen LogP contribution in [0.5, 0.6) is 0 Å². The smallest absolute Gasteiger partial charge is 0.254 e. The Balaban J connectivity index is 1.64. The first kappa shape index (κ1) is 16.5. The number of aryl methyl sites for hydroxylation is 1. The maximum Gasteiger partial charge on any atom is 0.254 e. The molecule has 3 rings (SSSR count). The first-order valence-corrected chi connectivity index (χ1v) is 9.84. The second-order valence-corrected chi connectivity index (χ2v) is 8.67. The van der Waals surface area contributed by atoms with Gasteiger partial charge in [0.15, 0.2) is 0 Å².